The Morgan fingerprint density at radius 1 is 1.06 bits per heavy atom. The largest absolute Gasteiger partial charge is 0.469 e. The predicted octanol–water partition coefficient (Wildman–Crippen LogP) is 1.35. The maximum atomic E-state index is 11.7. The highest BCUT2D eigenvalue weighted by molar-refractivity contribution is 14.0. The summed E-state index contributed by atoms with van der Waals surface area (Å²) in [6, 6.07) is 10.0. The first kappa shape index (κ1) is 25.1. The van der Waals surface area contributed by atoms with Gasteiger partial charge in [-0.1, -0.05) is 12.1 Å². The van der Waals surface area contributed by atoms with E-state index in [1.165, 1.54) is 12.1 Å². The number of benzene rings is 1. The summed E-state index contributed by atoms with van der Waals surface area (Å²) in [5.74, 6) is 1.76. The number of guanidine groups is 1. The summed E-state index contributed by atoms with van der Waals surface area (Å²) in [7, 11) is -3.71. The minimum atomic E-state index is -3.71. The van der Waals surface area contributed by atoms with Gasteiger partial charge in [0.2, 0.25) is 15.9 Å². The molecule has 2 aromatic rings. The number of hydrogen-bond acceptors (Lipinski definition) is 5. The fourth-order valence-corrected chi connectivity index (χ4v) is 3.26. The van der Waals surface area contributed by atoms with Gasteiger partial charge in [0, 0.05) is 32.0 Å². The van der Waals surface area contributed by atoms with Gasteiger partial charge < -0.3 is 20.4 Å². The number of nitrogens with zero attached hydrogens (tertiary/aromatic N) is 1. The molecule has 0 bridgehead atoms. The number of amides is 1. The number of halogens is 1. The number of nitrogens with one attached hydrogen (secondary N) is 3. The molecule has 170 valence electrons. The Labute approximate surface area is 199 Å². The van der Waals surface area contributed by atoms with Crippen LogP contribution in [0.25, 0.3) is 0 Å². The minimum Gasteiger partial charge on any atom is -0.469 e. The fraction of sp³-hybridized carbons (Fsp3) is 0.400. The highest BCUT2D eigenvalue weighted by atomic mass is 127. The van der Waals surface area contributed by atoms with E-state index < -0.39 is 10.0 Å². The lowest BCUT2D eigenvalue weighted by molar-refractivity contribution is -0.122. The van der Waals surface area contributed by atoms with Crippen molar-refractivity contribution in [2.75, 3.05) is 19.6 Å². The van der Waals surface area contributed by atoms with Crippen LogP contribution in [0.5, 0.6) is 0 Å². The molecule has 1 saturated carbocycles. The Morgan fingerprint density at radius 3 is 2.35 bits per heavy atom. The van der Waals surface area contributed by atoms with E-state index in [1.54, 1.807) is 18.4 Å². The lowest BCUT2D eigenvalue weighted by atomic mass is 10.2. The smallest absolute Gasteiger partial charge is 0.238 e. The van der Waals surface area contributed by atoms with Crippen LogP contribution >= 0.6 is 24.0 Å². The number of aliphatic imine (C=N–C) groups is 1. The number of sulfonamides is 1. The van der Waals surface area contributed by atoms with E-state index in [0.717, 1.165) is 24.2 Å². The van der Waals surface area contributed by atoms with Gasteiger partial charge in [0.25, 0.3) is 0 Å². The van der Waals surface area contributed by atoms with Gasteiger partial charge in [-0.3, -0.25) is 4.79 Å². The molecular formula is C20H28IN5O4S. The minimum absolute atomic E-state index is 0. The molecule has 1 aliphatic carbocycles. The zero-order chi connectivity index (χ0) is 21.4. The lowest BCUT2D eigenvalue weighted by Crippen LogP contribution is -2.42. The molecule has 1 fully saturated rings. The van der Waals surface area contributed by atoms with Crippen molar-refractivity contribution in [1.29, 1.82) is 0 Å². The Bertz CT molecular complexity index is 958. The topological polar surface area (TPSA) is 139 Å². The first-order valence-electron chi connectivity index (χ1n) is 9.86. The summed E-state index contributed by atoms with van der Waals surface area (Å²) < 4.78 is 28.0. The van der Waals surface area contributed by atoms with Crippen molar-refractivity contribution in [3.05, 3.63) is 54.0 Å². The third-order valence-corrected chi connectivity index (χ3v) is 5.51. The zero-order valence-corrected chi connectivity index (χ0v) is 20.2. The van der Waals surface area contributed by atoms with E-state index in [4.69, 9.17) is 9.56 Å². The van der Waals surface area contributed by atoms with Gasteiger partial charge in [-0.05, 0) is 42.7 Å². The standard InChI is InChI=1S/C20H27N5O4S.HI/c21-30(27,28)18-7-3-15(4-8-18)14-25-20(23-10-9-17-2-1-13-29-17)24-12-11-22-19(26)16-5-6-16;/h1-4,7-8,13,16H,5-6,9-12,14H2,(H,22,26)(H2,21,27,28)(H2,23,24,25);1H. The van der Waals surface area contributed by atoms with Crippen LogP contribution in [0.3, 0.4) is 0 Å². The first-order valence-corrected chi connectivity index (χ1v) is 11.4. The van der Waals surface area contributed by atoms with Crippen molar-refractivity contribution >= 4 is 45.9 Å². The van der Waals surface area contributed by atoms with Crippen molar-refractivity contribution in [1.82, 2.24) is 16.0 Å². The maximum absolute atomic E-state index is 11.7. The van der Waals surface area contributed by atoms with Crippen LogP contribution < -0.4 is 21.1 Å². The highest BCUT2D eigenvalue weighted by Gasteiger charge is 2.28. The molecule has 1 aromatic heterocycles. The highest BCUT2D eigenvalue weighted by Crippen LogP contribution is 2.28. The van der Waals surface area contributed by atoms with Gasteiger partial charge in [-0.15, -0.1) is 24.0 Å². The fourth-order valence-electron chi connectivity index (χ4n) is 2.74. The number of furan rings is 1. The number of rotatable bonds is 10. The number of primary sulfonamides is 1. The number of hydrogen-bond donors (Lipinski definition) is 4. The molecule has 1 aliphatic rings. The number of carbonyl (C=O) groups is 1. The van der Waals surface area contributed by atoms with Crippen molar-refractivity contribution < 1.29 is 17.6 Å². The van der Waals surface area contributed by atoms with Crippen LogP contribution in [0.4, 0.5) is 0 Å². The first-order chi connectivity index (χ1) is 14.4. The summed E-state index contributed by atoms with van der Waals surface area (Å²) in [5, 5.41) is 14.5. The maximum Gasteiger partial charge on any atom is 0.238 e. The predicted molar refractivity (Wildman–Crippen MR) is 129 cm³/mol. The Kier molecular flexibility index (Phi) is 9.78. The van der Waals surface area contributed by atoms with Crippen molar-refractivity contribution in [2.45, 2.75) is 30.7 Å². The molecule has 1 heterocycles. The van der Waals surface area contributed by atoms with Crippen LogP contribution in [0, 0.1) is 5.92 Å². The third kappa shape index (κ3) is 8.87. The Hall–Kier alpha value is -2.12. The molecule has 0 radical (unpaired) electrons. The molecule has 9 nitrogen and oxygen atoms in total. The van der Waals surface area contributed by atoms with Crippen LogP contribution in [-0.2, 0) is 27.8 Å². The van der Waals surface area contributed by atoms with E-state index in [9.17, 15) is 13.2 Å². The molecule has 0 saturated heterocycles. The van der Waals surface area contributed by atoms with E-state index in [1.807, 2.05) is 12.1 Å². The van der Waals surface area contributed by atoms with E-state index in [0.29, 0.717) is 38.6 Å². The number of nitrogens with two attached hydrogens (primary N) is 1. The average molecular weight is 561 g/mol. The molecule has 3 rings (SSSR count). The van der Waals surface area contributed by atoms with Crippen LogP contribution in [0.15, 0.2) is 57.0 Å². The van der Waals surface area contributed by atoms with Gasteiger partial charge in [-0.25, -0.2) is 18.5 Å². The van der Waals surface area contributed by atoms with Gasteiger partial charge in [0.05, 0.1) is 17.7 Å². The third-order valence-electron chi connectivity index (χ3n) is 4.58. The Balaban J connectivity index is 0.00000341. The lowest BCUT2D eigenvalue weighted by Gasteiger charge is -2.13. The van der Waals surface area contributed by atoms with Gasteiger partial charge >= 0.3 is 0 Å². The van der Waals surface area contributed by atoms with E-state index >= 15 is 0 Å². The van der Waals surface area contributed by atoms with E-state index in [-0.39, 0.29) is 40.7 Å². The van der Waals surface area contributed by atoms with Crippen molar-refractivity contribution in [3.8, 4) is 0 Å². The zero-order valence-electron chi connectivity index (χ0n) is 17.0. The molecule has 0 atom stereocenters. The van der Waals surface area contributed by atoms with Gasteiger partial charge in [-0.2, -0.15) is 0 Å². The molecule has 1 aromatic carbocycles. The van der Waals surface area contributed by atoms with E-state index in [2.05, 4.69) is 20.9 Å². The number of carbonyl (C=O) groups excluding carboxylic acids is 1. The summed E-state index contributed by atoms with van der Waals surface area (Å²) in [6.07, 6.45) is 4.29. The molecular weight excluding hydrogens is 533 g/mol. The van der Waals surface area contributed by atoms with Crippen LogP contribution in [-0.4, -0.2) is 39.9 Å². The van der Waals surface area contributed by atoms with Crippen molar-refractivity contribution in [3.63, 3.8) is 0 Å². The molecule has 1 amide bonds. The molecule has 31 heavy (non-hydrogen) atoms. The normalized spacial score (nSPS) is 13.9. The second-order valence-corrected chi connectivity index (χ2v) is 8.66. The molecule has 0 aliphatic heterocycles. The molecule has 11 heteroatoms. The SMILES string of the molecule is I.NS(=O)(=O)c1ccc(CN=C(NCCNC(=O)C2CC2)NCCc2ccco2)cc1. The van der Waals surface area contributed by atoms with Crippen LogP contribution in [0.1, 0.15) is 24.2 Å². The average Bonchev–Trinajstić information content (AvgIpc) is 3.45. The van der Waals surface area contributed by atoms with Crippen molar-refractivity contribution in [2.24, 2.45) is 16.0 Å². The Morgan fingerprint density at radius 2 is 1.74 bits per heavy atom. The summed E-state index contributed by atoms with van der Waals surface area (Å²) in [5.41, 5.74) is 0.844. The quantitative estimate of drug-likeness (QED) is 0.150. The molecule has 5 N–H and O–H groups in total. The van der Waals surface area contributed by atoms with Crippen LogP contribution in [0.2, 0.25) is 0 Å². The van der Waals surface area contributed by atoms with Gasteiger partial charge in [0.1, 0.15) is 5.76 Å². The summed E-state index contributed by atoms with van der Waals surface area (Å²) >= 11 is 0. The summed E-state index contributed by atoms with van der Waals surface area (Å²) in [4.78, 5) is 16.3. The molecule has 0 unspecified atom stereocenters. The second kappa shape index (κ2) is 12.1. The monoisotopic (exact) mass is 561 g/mol. The van der Waals surface area contributed by atoms with Gasteiger partial charge in [0.15, 0.2) is 5.96 Å². The molecule has 0 spiro atoms. The second-order valence-electron chi connectivity index (χ2n) is 7.10. The summed E-state index contributed by atoms with van der Waals surface area (Å²) in [6.45, 7) is 2.03.